The second-order valence-electron chi connectivity index (χ2n) is 5.02. The smallest absolute Gasteiger partial charge is 0.341 e. The van der Waals surface area contributed by atoms with Crippen LogP contribution in [0.3, 0.4) is 0 Å². The second-order valence-corrected chi connectivity index (χ2v) is 5.02. The van der Waals surface area contributed by atoms with E-state index in [0.717, 1.165) is 19.3 Å². The Hall–Kier alpha value is -2.11. The zero-order valence-electron chi connectivity index (χ0n) is 12.4. The molecule has 0 saturated heterocycles. The van der Waals surface area contributed by atoms with Gasteiger partial charge in [-0.2, -0.15) is 0 Å². The fourth-order valence-corrected chi connectivity index (χ4v) is 2.70. The van der Waals surface area contributed by atoms with Crippen LogP contribution in [0.25, 0.3) is 0 Å². The molecule has 1 aromatic rings. The first kappa shape index (κ1) is 15.3. The first-order valence-corrected chi connectivity index (χ1v) is 7.27. The maximum Gasteiger partial charge on any atom is 0.341 e. The minimum absolute atomic E-state index is 0.00646. The molecular weight excluding hydrogens is 270 g/mol. The summed E-state index contributed by atoms with van der Waals surface area (Å²) in [5.74, 6) is 0.0185. The predicted octanol–water partition coefficient (Wildman–Crippen LogP) is 1.58. The van der Waals surface area contributed by atoms with Crippen LogP contribution in [0.2, 0.25) is 0 Å². The molecule has 21 heavy (non-hydrogen) atoms. The highest BCUT2D eigenvalue weighted by molar-refractivity contribution is 5.94. The highest BCUT2D eigenvalue weighted by Gasteiger charge is 2.33. The molecule has 2 atom stereocenters. The maximum absolute atomic E-state index is 11.9. The summed E-state index contributed by atoms with van der Waals surface area (Å²) in [5.41, 5.74) is 0.405. The zero-order chi connectivity index (χ0) is 15.2. The molecule has 0 radical (unpaired) electrons. The van der Waals surface area contributed by atoms with E-state index in [0.29, 0.717) is 18.0 Å². The Kier molecular flexibility index (Phi) is 5.14. The molecule has 1 aromatic heterocycles. The number of pyridine rings is 1. The zero-order valence-corrected chi connectivity index (χ0v) is 12.4. The summed E-state index contributed by atoms with van der Waals surface area (Å²) in [6.45, 7) is 2.08. The van der Waals surface area contributed by atoms with E-state index in [2.05, 4.69) is 15.6 Å². The van der Waals surface area contributed by atoms with Crippen molar-refractivity contribution in [2.75, 3.05) is 19.0 Å². The van der Waals surface area contributed by atoms with Gasteiger partial charge in [0.25, 0.3) is 0 Å². The molecule has 1 aliphatic rings. The fraction of sp³-hybridized carbons (Fsp3) is 0.533. The monoisotopic (exact) mass is 291 g/mol. The lowest BCUT2D eigenvalue weighted by Crippen LogP contribution is -2.36. The molecule has 1 amide bonds. The summed E-state index contributed by atoms with van der Waals surface area (Å²) < 4.78 is 5.03. The van der Waals surface area contributed by atoms with Crippen LogP contribution < -0.4 is 10.6 Å². The molecule has 0 bridgehead atoms. The lowest BCUT2D eigenvalue weighted by Gasteiger charge is -2.21. The Balaban J connectivity index is 2.15. The number of amides is 1. The van der Waals surface area contributed by atoms with Gasteiger partial charge in [0.2, 0.25) is 5.91 Å². The van der Waals surface area contributed by atoms with E-state index in [-0.39, 0.29) is 17.9 Å². The number of ether oxygens (including phenoxy) is 1. The van der Waals surface area contributed by atoms with Crippen LogP contribution in [0.15, 0.2) is 18.3 Å². The van der Waals surface area contributed by atoms with Gasteiger partial charge in [-0.1, -0.05) is 6.42 Å². The molecule has 0 aromatic carbocycles. The van der Waals surface area contributed by atoms with Crippen LogP contribution in [0.1, 0.15) is 36.5 Å². The Morgan fingerprint density at radius 2 is 2.24 bits per heavy atom. The van der Waals surface area contributed by atoms with Crippen molar-refractivity contribution in [3.05, 3.63) is 23.9 Å². The van der Waals surface area contributed by atoms with E-state index >= 15 is 0 Å². The second kappa shape index (κ2) is 7.06. The average Bonchev–Trinajstić information content (AvgIpc) is 2.95. The van der Waals surface area contributed by atoms with E-state index in [4.69, 9.17) is 4.74 Å². The van der Waals surface area contributed by atoms with Gasteiger partial charge in [-0.3, -0.25) is 4.79 Å². The Labute approximate surface area is 124 Å². The first-order valence-electron chi connectivity index (χ1n) is 7.27. The van der Waals surface area contributed by atoms with Gasteiger partial charge in [0.05, 0.1) is 12.5 Å². The van der Waals surface area contributed by atoms with Gasteiger partial charge >= 0.3 is 5.97 Å². The van der Waals surface area contributed by atoms with Crippen molar-refractivity contribution in [3.63, 3.8) is 0 Å². The molecule has 1 heterocycles. The summed E-state index contributed by atoms with van der Waals surface area (Å²) >= 11 is 0. The number of esters is 1. The molecule has 1 aliphatic carbocycles. The summed E-state index contributed by atoms with van der Waals surface area (Å²) in [7, 11) is 1.64. The molecule has 1 fully saturated rings. The van der Waals surface area contributed by atoms with Gasteiger partial charge in [0.1, 0.15) is 11.4 Å². The topological polar surface area (TPSA) is 80.3 Å². The van der Waals surface area contributed by atoms with Crippen LogP contribution in [-0.4, -0.2) is 36.6 Å². The van der Waals surface area contributed by atoms with Gasteiger partial charge < -0.3 is 15.4 Å². The van der Waals surface area contributed by atoms with Crippen LogP contribution in [0.5, 0.6) is 0 Å². The third kappa shape index (κ3) is 3.51. The third-order valence-electron chi connectivity index (χ3n) is 3.72. The molecular formula is C15H21N3O3. The molecule has 0 aliphatic heterocycles. The number of aromatic nitrogens is 1. The van der Waals surface area contributed by atoms with Crippen molar-refractivity contribution < 1.29 is 14.3 Å². The van der Waals surface area contributed by atoms with E-state index in [9.17, 15) is 9.59 Å². The largest absolute Gasteiger partial charge is 0.462 e. The van der Waals surface area contributed by atoms with Gasteiger partial charge in [-0.05, 0) is 31.9 Å². The molecule has 6 nitrogen and oxygen atoms in total. The number of nitrogens with zero attached hydrogens (tertiary/aromatic N) is 1. The Bertz CT molecular complexity index is 519. The highest BCUT2D eigenvalue weighted by atomic mass is 16.5. The SMILES string of the molecule is CCOC(=O)c1cccnc1N[C@H]1CCC[C@H]1C(=O)NC. The number of hydrogen-bond donors (Lipinski definition) is 2. The highest BCUT2D eigenvalue weighted by Crippen LogP contribution is 2.29. The quantitative estimate of drug-likeness (QED) is 0.805. The van der Waals surface area contributed by atoms with Crippen molar-refractivity contribution >= 4 is 17.7 Å². The number of carbonyl (C=O) groups is 2. The Morgan fingerprint density at radius 1 is 1.43 bits per heavy atom. The normalized spacial score (nSPS) is 20.9. The predicted molar refractivity (Wildman–Crippen MR) is 79.0 cm³/mol. The lowest BCUT2D eigenvalue weighted by atomic mass is 10.0. The van der Waals surface area contributed by atoms with Crippen molar-refractivity contribution in [2.24, 2.45) is 5.92 Å². The summed E-state index contributed by atoms with van der Waals surface area (Å²) in [6.07, 6.45) is 4.34. The molecule has 114 valence electrons. The van der Waals surface area contributed by atoms with Gasteiger partial charge in [-0.15, -0.1) is 0 Å². The number of nitrogens with one attached hydrogen (secondary N) is 2. The van der Waals surface area contributed by atoms with Crippen molar-refractivity contribution in [1.29, 1.82) is 0 Å². The number of rotatable bonds is 5. The van der Waals surface area contributed by atoms with E-state index in [1.807, 2.05) is 0 Å². The standard InChI is InChI=1S/C15H21N3O3/c1-3-21-15(20)11-7-5-9-17-13(11)18-12-8-4-6-10(12)14(19)16-2/h5,7,9-10,12H,3-4,6,8H2,1-2H3,(H,16,19)(H,17,18)/t10-,12+/m1/s1. The lowest BCUT2D eigenvalue weighted by molar-refractivity contribution is -0.124. The van der Waals surface area contributed by atoms with E-state index in [1.54, 1.807) is 32.3 Å². The third-order valence-corrected chi connectivity index (χ3v) is 3.72. The summed E-state index contributed by atoms with van der Waals surface area (Å²) in [6, 6.07) is 3.37. The summed E-state index contributed by atoms with van der Waals surface area (Å²) in [5, 5.41) is 5.93. The van der Waals surface area contributed by atoms with Crippen molar-refractivity contribution in [3.8, 4) is 0 Å². The molecule has 0 spiro atoms. The van der Waals surface area contributed by atoms with Crippen LogP contribution in [-0.2, 0) is 9.53 Å². The van der Waals surface area contributed by atoms with Crippen molar-refractivity contribution in [1.82, 2.24) is 10.3 Å². The molecule has 2 rings (SSSR count). The van der Waals surface area contributed by atoms with E-state index < -0.39 is 5.97 Å². The number of anilines is 1. The molecule has 1 saturated carbocycles. The maximum atomic E-state index is 11.9. The fourth-order valence-electron chi connectivity index (χ4n) is 2.70. The number of carbonyl (C=O) groups excluding carboxylic acids is 2. The average molecular weight is 291 g/mol. The van der Waals surface area contributed by atoms with Gasteiger partial charge in [0, 0.05) is 19.3 Å². The minimum Gasteiger partial charge on any atom is -0.462 e. The van der Waals surface area contributed by atoms with Crippen LogP contribution in [0.4, 0.5) is 5.82 Å². The van der Waals surface area contributed by atoms with Gasteiger partial charge in [0.15, 0.2) is 0 Å². The Morgan fingerprint density at radius 3 is 2.95 bits per heavy atom. The van der Waals surface area contributed by atoms with Crippen molar-refractivity contribution in [2.45, 2.75) is 32.2 Å². The van der Waals surface area contributed by atoms with Gasteiger partial charge in [-0.25, -0.2) is 9.78 Å². The molecule has 0 unspecified atom stereocenters. The number of hydrogen-bond acceptors (Lipinski definition) is 5. The minimum atomic E-state index is -0.400. The summed E-state index contributed by atoms with van der Waals surface area (Å²) in [4.78, 5) is 28.0. The molecule has 6 heteroatoms. The van der Waals surface area contributed by atoms with Crippen LogP contribution >= 0.6 is 0 Å². The van der Waals surface area contributed by atoms with Crippen LogP contribution in [0, 0.1) is 5.92 Å². The first-order chi connectivity index (χ1) is 10.2. The molecule has 2 N–H and O–H groups in total. The van der Waals surface area contributed by atoms with E-state index in [1.165, 1.54) is 0 Å².